The summed E-state index contributed by atoms with van der Waals surface area (Å²) in [7, 11) is 1.45. The van der Waals surface area contributed by atoms with Gasteiger partial charge in [0, 0.05) is 12.8 Å². The van der Waals surface area contributed by atoms with E-state index in [1.54, 1.807) is 0 Å². The maximum Gasteiger partial charge on any atom is 0.472 e. The third-order valence-electron chi connectivity index (χ3n) is 11.4. The molecule has 0 aromatic heterocycles. The maximum absolute atomic E-state index is 12.8. The van der Waals surface area contributed by atoms with Crippen LogP contribution in [0, 0.1) is 0 Å². The molecule has 0 fully saturated rings. The molecule has 68 heavy (non-hydrogen) atoms. The van der Waals surface area contributed by atoms with Gasteiger partial charge in [0.1, 0.15) is 19.8 Å². The SMILES string of the molecule is CC/C=C\C/C=C\C/C=C\C/C=C\C/C=C\C/C=C\C/C=C\CCCCCC(=O)OC(COC(=O)CCCCCCCCCCCCCCCCCCCCC)COP(=O)(O)OCC[N+](C)(C)C. The van der Waals surface area contributed by atoms with Crippen molar-refractivity contribution < 1.29 is 42.1 Å². The van der Waals surface area contributed by atoms with Gasteiger partial charge in [-0.1, -0.05) is 221 Å². The molecule has 0 rings (SSSR count). The first kappa shape index (κ1) is 65.2. The molecular weight excluding hydrogens is 870 g/mol. The quantitative estimate of drug-likeness (QED) is 0.0211. The van der Waals surface area contributed by atoms with Crippen LogP contribution >= 0.6 is 7.82 Å². The Hall–Kier alpha value is -2.81. The van der Waals surface area contributed by atoms with Crippen molar-refractivity contribution in [3.63, 3.8) is 0 Å². The molecule has 0 spiro atoms. The van der Waals surface area contributed by atoms with Crippen molar-refractivity contribution in [2.45, 2.75) is 225 Å². The number of quaternary nitrogens is 1. The molecular formula is C58H103NO8P+. The Morgan fingerprint density at radius 2 is 0.838 bits per heavy atom. The number of phosphoric acid groups is 1. The van der Waals surface area contributed by atoms with Crippen LogP contribution in [0.1, 0.15) is 219 Å². The molecule has 0 heterocycles. The van der Waals surface area contributed by atoms with E-state index in [4.69, 9.17) is 18.5 Å². The average Bonchev–Trinajstić information content (AvgIpc) is 3.30. The van der Waals surface area contributed by atoms with E-state index in [1.165, 1.54) is 103 Å². The summed E-state index contributed by atoms with van der Waals surface area (Å²) < 4.78 is 34.5. The number of nitrogens with zero attached hydrogens (tertiary/aromatic N) is 1. The zero-order valence-corrected chi connectivity index (χ0v) is 45.2. The lowest BCUT2D eigenvalue weighted by molar-refractivity contribution is -0.870. The highest BCUT2D eigenvalue weighted by atomic mass is 31.2. The minimum Gasteiger partial charge on any atom is -0.462 e. The zero-order chi connectivity index (χ0) is 49.9. The number of rotatable bonds is 49. The number of allylic oxidation sites excluding steroid dienone is 14. The number of likely N-dealkylation sites (N-methyl/N-ethyl adjacent to an activating group) is 1. The minimum atomic E-state index is -4.40. The molecule has 10 heteroatoms. The van der Waals surface area contributed by atoms with Crippen molar-refractivity contribution in [3.8, 4) is 0 Å². The molecule has 0 aliphatic rings. The van der Waals surface area contributed by atoms with Crippen molar-refractivity contribution >= 4 is 19.8 Å². The van der Waals surface area contributed by atoms with Gasteiger partial charge in [-0.2, -0.15) is 0 Å². The third kappa shape index (κ3) is 52.6. The summed E-state index contributed by atoms with van der Waals surface area (Å²) >= 11 is 0. The van der Waals surface area contributed by atoms with Gasteiger partial charge in [-0.3, -0.25) is 18.6 Å². The van der Waals surface area contributed by atoms with Crippen LogP contribution in [-0.4, -0.2) is 74.9 Å². The minimum absolute atomic E-state index is 0.0217. The van der Waals surface area contributed by atoms with E-state index in [2.05, 4.69) is 98.9 Å². The van der Waals surface area contributed by atoms with Crippen LogP contribution in [0.25, 0.3) is 0 Å². The molecule has 0 amide bonds. The van der Waals surface area contributed by atoms with Crippen LogP contribution in [-0.2, 0) is 32.7 Å². The first-order valence-electron chi connectivity index (χ1n) is 27.3. The fraction of sp³-hybridized carbons (Fsp3) is 0.724. The Bertz CT molecular complexity index is 1420. The molecule has 392 valence electrons. The van der Waals surface area contributed by atoms with E-state index >= 15 is 0 Å². The second-order valence-corrected chi connectivity index (χ2v) is 20.7. The summed E-state index contributed by atoms with van der Waals surface area (Å²) in [6.07, 6.45) is 65.0. The van der Waals surface area contributed by atoms with Crippen LogP contribution in [0.15, 0.2) is 85.1 Å². The van der Waals surface area contributed by atoms with Crippen LogP contribution in [0.2, 0.25) is 0 Å². The predicted octanol–water partition coefficient (Wildman–Crippen LogP) is 16.7. The average molecular weight is 973 g/mol. The third-order valence-corrected chi connectivity index (χ3v) is 12.4. The van der Waals surface area contributed by atoms with E-state index in [0.717, 1.165) is 83.5 Å². The second-order valence-electron chi connectivity index (χ2n) is 19.2. The van der Waals surface area contributed by atoms with Gasteiger partial charge in [-0.05, 0) is 70.6 Å². The van der Waals surface area contributed by atoms with Crippen LogP contribution in [0.4, 0.5) is 0 Å². The number of carbonyl (C=O) groups is 2. The molecule has 9 nitrogen and oxygen atoms in total. The Morgan fingerprint density at radius 3 is 1.25 bits per heavy atom. The highest BCUT2D eigenvalue weighted by molar-refractivity contribution is 7.47. The van der Waals surface area contributed by atoms with E-state index in [-0.39, 0.29) is 32.0 Å². The number of carbonyl (C=O) groups excluding carboxylic acids is 2. The first-order chi connectivity index (χ1) is 33.0. The number of hydrogen-bond donors (Lipinski definition) is 1. The fourth-order valence-electron chi connectivity index (χ4n) is 7.23. The highest BCUT2D eigenvalue weighted by Gasteiger charge is 2.27. The van der Waals surface area contributed by atoms with Crippen LogP contribution in [0.5, 0.6) is 0 Å². The largest absolute Gasteiger partial charge is 0.472 e. The number of hydrogen-bond acceptors (Lipinski definition) is 7. The molecule has 0 radical (unpaired) electrons. The highest BCUT2D eigenvalue weighted by Crippen LogP contribution is 2.43. The van der Waals surface area contributed by atoms with Crippen molar-refractivity contribution in [2.75, 3.05) is 47.5 Å². The number of ether oxygens (including phenoxy) is 2. The summed E-state index contributed by atoms with van der Waals surface area (Å²) in [5.74, 6) is -0.835. The second kappa shape index (κ2) is 49.2. The van der Waals surface area contributed by atoms with Crippen molar-refractivity contribution in [1.29, 1.82) is 0 Å². The van der Waals surface area contributed by atoms with Crippen molar-refractivity contribution in [3.05, 3.63) is 85.1 Å². The monoisotopic (exact) mass is 973 g/mol. The van der Waals surface area contributed by atoms with Gasteiger partial charge >= 0.3 is 19.8 Å². The normalized spacial score (nSPS) is 14.0. The smallest absolute Gasteiger partial charge is 0.462 e. The van der Waals surface area contributed by atoms with Gasteiger partial charge in [-0.15, -0.1) is 0 Å². The summed E-state index contributed by atoms with van der Waals surface area (Å²) in [6.45, 7) is 4.29. The molecule has 0 aromatic carbocycles. The van der Waals surface area contributed by atoms with E-state index in [1.807, 2.05) is 21.1 Å². The summed E-state index contributed by atoms with van der Waals surface area (Å²) in [4.78, 5) is 35.6. The van der Waals surface area contributed by atoms with E-state index in [0.29, 0.717) is 17.4 Å². The molecule has 2 unspecified atom stereocenters. The molecule has 0 saturated carbocycles. The topological polar surface area (TPSA) is 108 Å². The van der Waals surface area contributed by atoms with Gasteiger partial charge in [-0.25, -0.2) is 4.57 Å². The van der Waals surface area contributed by atoms with Gasteiger partial charge in [0.05, 0.1) is 27.7 Å². The van der Waals surface area contributed by atoms with Gasteiger partial charge in [0.15, 0.2) is 6.10 Å². The van der Waals surface area contributed by atoms with E-state index < -0.39 is 26.5 Å². The Labute approximate surface area is 418 Å². The Kier molecular flexibility index (Phi) is 47.2. The van der Waals surface area contributed by atoms with Gasteiger partial charge in [0.25, 0.3) is 0 Å². The predicted molar refractivity (Wildman–Crippen MR) is 289 cm³/mol. The lowest BCUT2D eigenvalue weighted by Crippen LogP contribution is -2.37. The molecule has 2 atom stereocenters. The summed E-state index contributed by atoms with van der Waals surface area (Å²) in [5.41, 5.74) is 0. The van der Waals surface area contributed by atoms with Gasteiger partial charge < -0.3 is 18.9 Å². The molecule has 0 aliphatic heterocycles. The van der Waals surface area contributed by atoms with Crippen molar-refractivity contribution in [2.24, 2.45) is 0 Å². The summed E-state index contributed by atoms with van der Waals surface area (Å²) in [5, 5.41) is 0. The van der Waals surface area contributed by atoms with Crippen LogP contribution in [0.3, 0.4) is 0 Å². The van der Waals surface area contributed by atoms with Crippen LogP contribution < -0.4 is 0 Å². The molecule has 0 aliphatic carbocycles. The lowest BCUT2D eigenvalue weighted by atomic mass is 10.0. The molecule has 0 saturated heterocycles. The molecule has 1 N–H and O–H groups in total. The first-order valence-corrected chi connectivity index (χ1v) is 28.8. The number of esters is 2. The number of unbranched alkanes of at least 4 members (excludes halogenated alkanes) is 21. The fourth-order valence-corrected chi connectivity index (χ4v) is 7.97. The van der Waals surface area contributed by atoms with Crippen molar-refractivity contribution in [1.82, 2.24) is 0 Å². The van der Waals surface area contributed by atoms with E-state index in [9.17, 15) is 19.0 Å². The standard InChI is InChI=1S/C58H102NO8P/c1-6-8-10-12-14-16-18-20-22-24-26-27-28-29-30-31-33-35-37-39-41-43-45-47-49-51-58(61)67-56(55-66-68(62,63)65-53-52-59(3,4)5)54-64-57(60)50-48-46-44-42-40-38-36-34-32-25-23-21-19-17-15-13-11-9-7-2/h8,10,14,16,20,22,26-27,29-30,33,35,39,41,56H,6-7,9,11-13,15,17-19,21,23-25,28,31-32,34,36-38,40,42-55H2,1-5H3/p+1/b10-8-,16-14-,22-20-,27-26-,30-29-,35-33-,41-39-. The van der Waals surface area contributed by atoms with Gasteiger partial charge in [0.2, 0.25) is 0 Å². The Balaban J connectivity index is 4.31. The maximum atomic E-state index is 12.8. The molecule has 0 bridgehead atoms. The lowest BCUT2D eigenvalue weighted by Gasteiger charge is -2.24. The zero-order valence-electron chi connectivity index (χ0n) is 44.3. The molecule has 0 aromatic rings. The summed E-state index contributed by atoms with van der Waals surface area (Å²) in [6, 6.07) is 0. The number of phosphoric ester groups is 1. The Morgan fingerprint density at radius 1 is 0.471 bits per heavy atom.